The molecule has 0 fully saturated rings. The minimum absolute atomic E-state index is 0.109. The molecule has 5 N–H and O–H groups in total. The Kier molecular flexibility index (Phi) is 3.83. The highest BCUT2D eigenvalue weighted by Crippen LogP contribution is 2.49. The van der Waals surface area contributed by atoms with Gasteiger partial charge < -0.3 is 21.5 Å². The number of ether oxygens (including phenoxy) is 1. The number of rotatable bonds is 2. The van der Waals surface area contributed by atoms with Crippen LogP contribution < -0.4 is 21.5 Å². The van der Waals surface area contributed by atoms with Crippen molar-refractivity contribution in [2.45, 2.75) is 32.6 Å². The zero-order valence-corrected chi connectivity index (χ0v) is 15.7. The number of allylic oxidation sites excluding steroid dienone is 2. The second-order valence-corrected chi connectivity index (χ2v) is 7.89. The van der Waals surface area contributed by atoms with Gasteiger partial charge in [-0.05, 0) is 29.5 Å². The fraction of sp³-hybridized carbons (Fsp3) is 0.350. The lowest BCUT2D eigenvalue weighted by atomic mass is 9.69. The van der Waals surface area contributed by atoms with Gasteiger partial charge in [-0.1, -0.05) is 26.0 Å². The SMILES string of the molecule is COc1ccc([C@@H]2C3=C(CC(C)(C)CC3=O)Nc3nc(N)nc(N)c32)cc1. The Labute approximate surface area is 157 Å². The maximum Gasteiger partial charge on any atom is 0.223 e. The molecule has 1 aromatic heterocycles. The number of nitrogens with one attached hydrogen (secondary N) is 1. The first-order valence-electron chi connectivity index (χ1n) is 8.89. The monoisotopic (exact) mass is 365 g/mol. The van der Waals surface area contributed by atoms with Gasteiger partial charge in [0.15, 0.2) is 5.78 Å². The molecular formula is C20H23N5O2. The Bertz CT molecular complexity index is 963. The van der Waals surface area contributed by atoms with Crippen LogP contribution in [0.5, 0.6) is 5.75 Å². The normalized spacial score (nSPS) is 20.6. The van der Waals surface area contributed by atoms with Gasteiger partial charge in [0.1, 0.15) is 17.4 Å². The van der Waals surface area contributed by atoms with E-state index in [4.69, 9.17) is 16.2 Å². The number of methoxy groups -OCH3 is 1. The summed E-state index contributed by atoms with van der Waals surface area (Å²) in [5.41, 5.74) is 15.2. The summed E-state index contributed by atoms with van der Waals surface area (Å²) < 4.78 is 5.26. The van der Waals surface area contributed by atoms with E-state index in [0.29, 0.717) is 17.8 Å². The van der Waals surface area contributed by atoms with Crippen molar-refractivity contribution in [3.63, 3.8) is 0 Å². The van der Waals surface area contributed by atoms with Crippen molar-refractivity contribution in [3.05, 3.63) is 46.7 Å². The summed E-state index contributed by atoms with van der Waals surface area (Å²) in [5.74, 6) is 1.51. The third-order valence-corrected chi connectivity index (χ3v) is 5.21. The highest BCUT2D eigenvalue weighted by molar-refractivity contribution is 6.02. The standard InChI is InChI=1S/C20H23N5O2/c1-20(2)8-12-15(13(26)9-20)14(10-4-6-11(27-3)7-5-10)16-17(21)24-19(22)25-18(16)23-12/h4-7,14H,8-9H2,1-3H3,(H5,21,22,23,24,25)/t14-/m1/s1. The second-order valence-electron chi connectivity index (χ2n) is 7.89. The molecule has 0 bridgehead atoms. The van der Waals surface area contributed by atoms with Crippen LogP contribution in [0.1, 0.15) is 43.7 Å². The Balaban J connectivity index is 1.94. The summed E-state index contributed by atoms with van der Waals surface area (Å²) in [4.78, 5) is 21.6. The topological polar surface area (TPSA) is 116 Å². The van der Waals surface area contributed by atoms with Crippen LogP contribution in [0.3, 0.4) is 0 Å². The van der Waals surface area contributed by atoms with E-state index < -0.39 is 0 Å². The summed E-state index contributed by atoms with van der Waals surface area (Å²) in [7, 11) is 1.62. The predicted octanol–water partition coefficient (Wildman–Crippen LogP) is 2.85. The lowest BCUT2D eigenvalue weighted by Crippen LogP contribution is -2.34. The average Bonchev–Trinajstić information content (AvgIpc) is 2.58. The molecule has 2 heterocycles. The zero-order chi connectivity index (χ0) is 19.3. The molecule has 0 saturated carbocycles. The van der Waals surface area contributed by atoms with Crippen molar-refractivity contribution < 1.29 is 9.53 Å². The van der Waals surface area contributed by atoms with E-state index in [9.17, 15) is 4.79 Å². The first kappa shape index (κ1) is 17.3. The molecule has 2 aliphatic rings. The third-order valence-electron chi connectivity index (χ3n) is 5.21. The number of nitrogens with two attached hydrogens (primary N) is 2. The number of hydrogen-bond donors (Lipinski definition) is 3. The van der Waals surface area contributed by atoms with Gasteiger partial charge in [-0.25, -0.2) is 0 Å². The van der Waals surface area contributed by atoms with E-state index in [0.717, 1.165) is 29.0 Å². The van der Waals surface area contributed by atoms with Crippen molar-refractivity contribution in [2.75, 3.05) is 23.9 Å². The van der Waals surface area contributed by atoms with E-state index in [1.165, 1.54) is 0 Å². The van der Waals surface area contributed by atoms with Crippen molar-refractivity contribution in [1.82, 2.24) is 9.97 Å². The number of benzene rings is 1. The van der Waals surface area contributed by atoms with Crippen molar-refractivity contribution >= 4 is 23.4 Å². The molecule has 0 amide bonds. The number of carbonyl (C=O) groups is 1. The van der Waals surface area contributed by atoms with Gasteiger partial charge in [-0.15, -0.1) is 0 Å². The molecule has 0 unspecified atom stereocenters. The largest absolute Gasteiger partial charge is 0.497 e. The lowest BCUT2D eigenvalue weighted by molar-refractivity contribution is -0.118. The van der Waals surface area contributed by atoms with E-state index in [2.05, 4.69) is 29.1 Å². The first-order valence-corrected chi connectivity index (χ1v) is 8.89. The molecule has 0 spiro atoms. The molecule has 27 heavy (non-hydrogen) atoms. The smallest absolute Gasteiger partial charge is 0.223 e. The van der Waals surface area contributed by atoms with Crippen LogP contribution in [-0.2, 0) is 4.79 Å². The Morgan fingerprint density at radius 2 is 1.85 bits per heavy atom. The highest BCUT2D eigenvalue weighted by atomic mass is 16.5. The third kappa shape index (κ3) is 2.89. The van der Waals surface area contributed by atoms with Crippen molar-refractivity contribution in [3.8, 4) is 5.75 Å². The van der Waals surface area contributed by atoms with Crippen LogP contribution in [0.15, 0.2) is 35.5 Å². The van der Waals surface area contributed by atoms with Gasteiger partial charge >= 0.3 is 0 Å². The van der Waals surface area contributed by atoms with Gasteiger partial charge in [-0.3, -0.25) is 4.79 Å². The van der Waals surface area contributed by atoms with E-state index >= 15 is 0 Å². The molecule has 1 atom stereocenters. The molecule has 0 saturated heterocycles. The number of Topliss-reactive ketones (excluding diaryl/α,β-unsaturated/α-hetero) is 1. The van der Waals surface area contributed by atoms with Crippen LogP contribution in [-0.4, -0.2) is 22.9 Å². The predicted molar refractivity (Wildman–Crippen MR) is 104 cm³/mol. The zero-order valence-electron chi connectivity index (χ0n) is 15.7. The molecule has 0 radical (unpaired) electrons. The van der Waals surface area contributed by atoms with Gasteiger partial charge in [0.05, 0.1) is 7.11 Å². The number of ketones is 1. The minimum atomic E-state index is -0.327. The minimum Gasteiger partial charge on any atom is -0.497 e. The Morgan fingerprint density at radius 3 is 2.52 bits per heavy atom. The molecule has 140 valence electrons. The Hall–Kier alpha value is -3.09. The van der Waals surface area contributed by atoms with Crippen LogP contribution in [0.4, 0.5) is 17.6 Å². The number of nitrogens with zero attached hydrogens (tertiary/aromatic N) is 2. The van der Waals surface area contributed by atoms with Crippen LogP contribution in [0.25, 0.3) is 0 Å². The van der Waals surface area contributed by atoms with Crippen LogP contribution in [0, 0.1) is 5.41 Å². The van der Waals surface area contributed by atoms with E-state index in [-0.39, 0.29) is 28.9 Å². The van der Waals surface area contributed by atoms with Crippen molar-refractivity contribution in [1.29, 1.82) is 0 Å². The van der Waals surface area contributed by atoms with Gasteiger partial charge in [0.2, 0.25) is 5.95 Å². The fourth-order valence-corrected chi connectivity index (χ4v) is 4.08. The maximum absolute atomic E-state index is 13.1. The van der Waals surface area contributed by atoms with Crippen LogP contribution in [0.2, 0.25) is 0 Å². The highest BCUT2D eigenvalue weighted by Gasteiger charge is 2.42. The van der Waals surface area contributed by atoms with Gasteiger partial charge in [-0.2, -0.15) is 9.97 Å². The van der Waals surface area contributed by atoms with Gasteiger partial charge in [0.25, 0.3) is 0 Å². The summed E-state index contributed by atoms with van der Waals surface area (Å²) >= 11 is 0. The second kappa shape index (κ2) is 5.97. The first-order chi connectivity index (χ1) is 12.8. The molecule has 4 rings (SSSR count). The molecule has 2 aromatic rings. The molecule has 1 aliphatic carbocycles. The quantitative estimate of drug-likeness (QED) is 0.749. The molecule has 1 aromatic carbocycles. The Morgan fingerprint density at radius 1 is 1.15 bits per heavy atom. The molecular weight excluding hydrogens is 342 g/mol. The lowest BCUT2D eigenvalue weighted by Gasteiger charge is -2.39. The number of fused-ring (bicyclic) bond motifs is 1. The average molecular weight is 365 g/mol. The number of aromatic nitrogens is 2. The summed E-state index contributed by atoms with van der Waals surface area (Å²) in [6, 6.07) is 7.66. The summed E-state index contributed by atoms with van der Waals surface area (Å²) in [5, 5.41) is 3.31. The number of hydrogen-bond acceptors (Lipinski definition) is 7. The van der Waals surface area contributed by atoms with E-state index in [1.54, 1.807) is 7.11 Å². The molecule has 7 nitrogen and oxygen atoms in total. The molecule has 1 aliphatic heterocycles. The van der Waals surface area contributed by atoms with Gasteiger partial charge in [0, 0.05) is 29.2 Å². The number of nitrogen functional groups attached to an aromatic ring is 2. The van der Waals surface area contributed by atoms with E-state index in [1.807, 2.05) is 24.3 Å². The number of carbonyl (C=O) groups excluding carboxylic acids is 1. The number of anilines is 3. The summed E-state index contributed by atoms with van der Waals surface area (Å²) in [6.07, 6.45) is 1.25. The summed E-state index contributed by atoms with van der Waals surface area (Å²) in [6.45, 7) is 4.19. The van der Waals surface area contributed by atoms with Crippen LogP contribution >= 0.6 is 0 Å². The maximum atomic E-state index is 13.1. The van der Waals surface area contributed by atoms with Crippen molar-refractivity contribution in [2.24, 2.45) is 5.41 Å². The fourth-order valence-electron chi connectivity index (χ4n) is 4.08. The molecule has 7 heteroatoms.